The SMILES string of the molecule is CCOC(=O)CNC(=O)NCC(C)(O)CC(=O)O. The second-order valence-electron chi connectivity index (χ2n) is 3.91. The second kappa shape index (κ2) is 7.49. The maximum absolute atomic E-state index is 11.2. The summed E-state index contributed by atoms with van der Waals surface area (Å²) < 4.78 is 4.58. The first kappa shape index (κ1) is 16.2. The number of hydrogen-bond donors (Lipinski definition) is 4. The van der Waals surface area contributed by atoms with Gasteiger partial charge in [0, 0.05) is 6.54 Å². The molecule has 0 rings (SSSR count). The van der Waals surface area contributed by atoms with E-state index in [9.17, 15) is 19.5 Å². The van der Waals surface area contributed by atoms with Gasteiger partial charge in [0.05, 0.1) is 18.6 Å². The Balaban J connectivity index is 3.89. The number of carboxylic acid groups (broad SMARTS) is 1. The van der Waals surface area contributed by atoms with Gasteiger partial charge in [-0.2, -0.15) is 0 Å². The van der Waals surface area contributed by atoms with Crippen molar-refractivity contribution in [3.05, 3.63) is 0 Å². The van der Waals surface area contributed by atoms with Crippen molar-refractivity contribution < 1.29 is 29.3 Å². The van der Waals surface area contributed by atoms with E-state index in [0.29, 0.717) is 0 Å². The van der Waals surface area contributed by atoms with Crippen LogP contribution in [0.5, 0.6) is 0 Å². The lowest BCUT2D eigenvalue weighted by Crippen LogP contribution is -2.46. The Morgan fingerprint density at radius 2 is 1.89 bits per heavy atom. The van der Waals surface area contributed by atoms with Crippen LogP contribution in [0, 0.1) is 0 Å². The molecule has 1 atom stereocenters. The van der Waals surface area contributed by atoms with Gasteiger partial charge in [-0.25, -0.2) is 4.79 Å². The summed E-state index contributed by atoms with van der Waals surface area (Å²) >= 11 is 0. The first-order valence-electron chi connectivity index (χ1n) is 5.38. The Morgan fingerprint density at radius 1 is 1.28 bits per heavy atom. The van der Waals surface area contributed by atoms with Crippen LogP contribution in [-0.4, -0.2) is 53.5 Å². The van der Waals surface area contributed by atoms with E-state index >= 15 is 0 Å². The molecule has 8 heteroatoms. The van der Waals surface area contributed by atoms with E-state index < -0.39 is 30.0 Å². The number of carboxylic acids is 1. The molecule has 0 aromatic heterocycles. The van der Waals surface area contributed by atoms with E-state index in [1.54, 1.807) is 6.92 Å². The molecule has 0 aromatic rings. The zero-order chi connectivity index (χ0) is 14.2. The van der Waals surface area contributed by atoms with E-state index in [0.717, 1.165) is 0 Å². The van der Waals surface area contributed by atoms with Gasteiger partial charge in [-0.15, -0.1) is 0 Å². The maximum Gasteiger partial charge on any atom is 0.325 e. The molecule has 18 heavy (non-hydrogen) atoms. The molecule has 2 amide bonds. The topological polar surface area (TPSA) is 125 Å². The summed E-state index contributed by atoms with van der Waals surface area (Å²) in [4.78, 5) is 32.5. The van der Waals surface area contributed by atoms with Crippen molar-refractivity contribution in [1.29, 1.82) is 0 Å². The molecule has 0 aliphatic heterocycles. The van der Waals surface area contributed by atoms with Crippen molar-refractivity contribution in [2.45, 2.75) is 25.9 Å². The van der Waals surface area contributed by atoms with E-state index in [4.69, 9.17) is 5.11 Å². The Bertz CT molecular complexity index is 315. The van der Waals surface area contributed by atoms with Crippen molar-refractivity contribution in [2.24, 2.45) is 0 Å². The van der Waals surface area contributed by atoms with Gasteiger partial charge < -0.3 is 25.6 Å². The highest BCUT2D eigenvalue weighted by Gasteiger charge is 2.24. The third-order valence-corrected chi connectivity index (χ3v) is 1.86. The fourth-order valence-corrected chi connectivity index (χ4v) is 1.09. The highest BCUT2D eigenvalue weighted by molar-refractivity contribution is 5.80. The molecule has 0 saturated carbocycles. The minimum absolute atomic E-state index is 0.218. The van der Waals surface area contributed by atoms with Crippen molar-refractivity contribution in [1.82, 2.24) is 10.6 Å². The molecule has 0 aliphatic rings. The number of carbonyl (C=O) groups excluding carboxylic acids is 2. The van der Waals surface area contributed by atoms with E-state index in [-0.39, 0.29) is 19.7 Å². The molecule has 0 bridgehead atoms. The number of aliphatic hydroxyl groups is 1. The summed E-state index contributed by atoms with van der Waals surface area (Å²) in [6.07, 6.45) is -0.495. The van der Waals surface area contributed by atoms with Gasteiger partial charge in [0.1, 0.15) is 6.54 Å². The summed E-state index contributed by atoms with van der Waals surface area (Å²) in [5.74, 6) is -1.75. The second-order valence-corrected chi connectivity index (χ2v) is 3.91. The van der Waals surface area contributed by atoms with Gasteiger partial charge in [0.2, 0.25) is 0 Å². The van der Waals surface area contributed by atoms with Gasteiger partial charge in [-0.1, -0.05) is 0 Å². The summed E-state index contributed by atoms with van der Waals surface area (Å²) in [6.45, 7) is 2.61. The number of urea groups is 1. The van der Waals surface area contributed by atoms with Gasteiger partial charge in [-0.3, -0.25) is 9.59 Å². The standard InChI is InChI=1S/C10H18N2O6/c1-3-18-8(15)5-11-9(16)12-6-10(2,17)4-7(13)14/h17H,3-6H2,1-2H3,(H,13,14)(H2,11,12,16). The largest absolute Gasteiger partial charge is 0.481 e. The van der Waals surface area contributed by atoms with Crippen molar-refractivity contribution >= 4 is 18.0 Å². The monoisotopic (exact) mass is 262 g/mol. The molecule has 0 saturated heterocycles. The fraction of sp³-hybridized carbons (Fsp3) is 0.700. The molecule has 4 N–H and O–H groups in total. The van der Waals surface area contributed by atoms with Gasteiger partial charge in [0.15, 0.2) is 0 Å². The average Bonchev–Trinajstić information content (AvgIpc) is 2.22. The normalized spacial score (nSPS) is 13.3. The van der Waals surface area contributed by atoms with Gasteiger partial charge >= 0.3 is 18.0 Å². The first-order valence-corrected chi connectivity index (χ1v) is 5.38. The molecule has 0 aromatic carbocycles. The Hall–Kier alpha value is -1.83. The molecule has 0 fully saturated rings. The number of ether oxygens (including phenoxy) is 1. The van der Waals surface area contributed by atoms with Gasteiger partial charge in [0.25, 0.3) is 0 Å². The quantitative estimate of drug-likeness (QED) is 0.439. The maximum atomic E-state index is 11.2. The molecule has 0 radical (unpaired) electrons. The van der Waals surface area contributed by atoms with Crippen LogP contribution in [0.3, 0.4) is 0 Å². The zero-order valence-corrected chi connectivity index (χ0v) is 10.4. The average molecular weight is 262 g/mol. The van der Waals surface area contributed by atoms with Crippen molar-refractivity contribution in [3.8, 4) is 0 Å². The predicted octanol–water partition coefficient (Wildman–Crippen LogP) is -0.926. The van der Waals surface area contributed by atoms with Crippen LogP contribution < -0.4 is 10.6 Å². The van der Waals surface area contributed by atoms with E-state index in [1.165, 1.54) is 6.92 Å². The third-order valence-electron chi connectivity index (χ3n) is 1.86. The molecule has 0 spiro atoms. The Morgan fingerprint density at radius 3 is 2.39 bits per heavy atom. The molecule has 104 valence electrons. The summed E-state index contributed by atoms with van der Waals surface area (Å²) in [5.41, 5.74) is -1.55. The van der Waals surface area contributed by atoms with Crippen LogP contribution in [0.25, 0.3) is 0 Å². The van der Waals surface area contributed by atoms with Gasteiger partial charge in [-0.05, 0) is 13.8 Å². The molecule has 0 heterocycles. The molecule has 1 unspecified atom stereocenters. The summed E-state index contributed by atoms with van der Waals surface area (Å²) in [5, 5.41) is 22.5. The predicted molar refractivity (Wildman–Crippen MR) is 60.9 cm³/mol. The lowest BCUT2D eigenvalue weighted by molar-refractivity contribution is -0.142. The Labute approximate surface area is 104 Å². The lowest BCUT2D eigenvalue weighted by Gasteiger charge is -2.21. The molecule has 8 nitrogen and oxygen atoms in total. The molecule has 0 aliphatic carbocycles. The van der Waals surface area contributed by atoms with Crippen LogP contribution in [-0.2, 0) is 14.3 Å². The summed E-state index contributed by atoms with van der Waals surface area (Å²) in [6, 6.07) is -0.686. The number of esters is 1. The number of hydrogen-bond acceptors (Lipinski definition) is 5. The highest BCUT2D eigenvalue weighted by atomic mass is 16.5. The third kappa shape index (κ3) is 8.34. The first-order chi connectivity index (χ1) is 8.26. The highest BCUT2D eigenvalue weighted by Crippen LogP contribution is 2.06. The van der Waals surface area contributed by atoms with Crippen LogP contribution in [0.4, 0.5) is 4.79 Å². The van der Waals surface area contributed by atoms with Crippen LogP contribution in [0.2, 0.25) is 0 Å². The Kier molecular flexibility index (Phi) is 6.73. The van der Waals surface area contributed by atoms with Crippen LogP contribution in [0.1, 0.15) is 20.3 Å². The van der Waals surface area contributed by atoms with Crippen LogP contribution >= 0.6 is 0 Å². The lowest BCUT2D eigenvalue weighted by atomic mass is 10.0. The minimum atomic E-state index is -1.55. The van der Waals surface area contributed by atoms with E-state index in [2.05, 4.69) is 15.4 Å². The number of carbonyl (C=O) groups is 3. The fourth-order valence-electron chi connectivity index (χ4n) is 1.09. The summed E-state index contributed by atoms with van der Waals surface area (Å²) in [7, 11) is 0. The number of amides is 2. The number of aliphatic carboxylic acids is 1. The van der Waals surface area contributed by atoms with E-state index in [1.807, 2.05) is 0 Å². The molecular weight excluding hydrogens is 244 g/mol. The smallest absolute Gasteiger partial charge is 0.325 e. The van der Waals surface area contributed by atoms with Crippen molar-refractivity contribution in [2.75, 3.05) is 19.7 Å². The zero-order valence-electron chi connectivity index (χ0n) is 10.4. The number of nitrogens with one attached hydrogen (secondary N) is 2. The van der Waals surface area contributed by atoms with Crippen LogP contribution in [0.15, 0.2) is 0 Å². The van der Waals surface area contributed by atoms with Crippen molar-refractivity contribution in [3.63, 3.8) is 0 Å². The number of rotatable bonds is 7. The minimum Gasteiger partial charge on any atom is -0.481 e. The molecular formula is C10H18N2O6.